The summed E-state index contributed by atoms with van der Waals surface area (Å²) in [7, 11) is -3.61. The number of aromatic nitrogens is 3. The van der Waals surface area contributed by atoms with Crippen LogP contribution in [0.1, 0.15) is 17.4 Å². The first-order valence-electron chi connectivity index (χ1n) is 5.40. The molecule has 0 aliphatic carbocycles. The van der Waals surface area contributed by atoms with Gasteiger partial charge in [0.15, 0.2) is 10.8 Å². The minimum Gasteiger partial charge on any atom is -0.296 e. The molecule has 2 aromatic heterocycles. The normalized spacial score (nSPS) is 11.3. The average molecular weight is 333 g/mol. The predicted octanol–water partition coefficient (Wildman–Crippen LogP) is 1.63. The number of nitrogens with one attached hydrogen (secondary N) is 1. The summed E-state index contributed by atoms with van der Waals surface area (Å²) in [5.74, 6) is -0.803. The fourth-order valence-electron chi connectivity index (χ4n) is 1.23. The highest BCUT2D eigenvalue weighted by Crippen LogP contribution is 2.18. The second kappa shape index (κ2) is 5.81. The van der Waals surface area contributed by atoms with Crippen LogP contribution in [0.15, 0.2) is 22.9 Å². The molecule has 10 heteroatoms. The van der Waals surface area contributed by atoms with Crippen LogP contribution in [0, 0.1) is 0 Å². The molecule has 0 aromatic carbocycles. The van der Waals surface area contributed by atoms with Crippen molar-refractivity contribution in [1.82, 2.24) is 15.0 Å². The summed E-state index contributed by atoms with van der Waals surface area (Å²) in [4.78, 5) is 23.2. The lowest BCUT2D eigenvalue weighted by molar-refractivity contribution is 0.102. The molecule has 0 spiro atoms. The van der Waals surface area contributed by atoms with Gasteiger partial charge in [-0.1, -0.05) is 18.5 Å². The lowest BCUT2D eigenvalue weighted by Gasteiger charge is -2.05. The van der Waals surface area contributed by atoms with Crippen molar-refractivity contribution in [3.05, 3.63) is 28.5 Å². The summed E-state index contributed by atoms with van der Waals surface area (Å²) < 4.78 is 23.4. The molecule has 20 heavy (non-hydrogen) atoms. The van der Waals surface area contributed by atoms with E-state index in [1.807, 2.05) is 0 Å². The second-order valence-electron chi connectivity index (χ2n) is 3.54. The van der Waals surface area contributed by atoms with Crippen molar-refractivity contribution in [3.63, 3.8) is 0 Å². The van der Waals surface area contributed by atoms with E-state index in [1.54, 1.807) is 5.38 Å². The lowest BCUT2D eigenvalue weighted by Crippen LogP contribution is -2.18. The molecule has 1 amide bonds. The minimum atomic E-state index is -3.61. The van der Waals surface area contributed by atoms with E-state index in [0.717, 1.165) is 6.20 Å². The molecule has 0 radical (unpaired) electrons. The van der Waals surface area contributed by atoms with Gasteiger partial charge in [-0.2, -0.15) is 0 Å². The first-order valence-corrected chi connectivity index (χ1v) is 8.31. The summed E-state index contributed by atoms with van der Waals surface area (Å²) in [5.41, 5.74) is -0.205. The highest BCUT2D eigenvalue weighted by atomic mass is 35.5. The maximum atomic E-state index is 12.0. The Morgan fingerprint density at radius 2 is 2.20 bits per heavy atom. The monoisotopic (exact) mass is 332 g/mol. The van der Waals surface area contributed by atoms with E-state index in [2.05, 4.69) is 20.3 Å². The Morgan fingerprint density at radius 3 is 2.80 bits per heavy atom. The number of halogens is 1. The van der Waals surface area contributed by atoms with Gasteiger partial charge in [-0.25, -0.2) is 23.4 Å². The molecule has 0 bridgehead atoms. The van der Waals surface area contributed by atoms with Crippen LogP contribution >= 0.6 is 22.9 Å². The van der Waals surface area contributed by atoms with Crippen LogP contribution in [0.2, 0.25) is 5.02 Å². The topological polar surface area (TPSA) is 102 Å². The Labute approximate surface area is 124 Å². The van der Waals surface area contributed by atoms with Gasteiger partial charge in [-0.05, 0) is 0 Å². The predicted molar refractivity (Wildman–Crippen MR) is 74.8 cm³/mol. The van der Waals surface area contributed by atoms with E-state index in [9.17, 15) is 13.2 Å². The summed E-state index contributed by atoms with van der Waals surface area (Å²) in [5, 5.41) is 4.07. The fourth-order valence-corrected chi connectivity index (χ4v) is 2.63. The van der Waals surface area contributed by atoms with E-state index >= 15 is 0 Å². The van der Waals surface area contributed by atoms with Crippen LogP contribution in [0.25, 0.3) is 0 Å². The molecule has 0 unspecified atom stereocenters. The molecule has 0 saturated carbocycles. The third-order valence-electron chi connectivity index (χ3n) is 2.25. The van der Waals surface area contributed by atoms with Crippen molar-refractivity contribution in [2.24, 2.45) is 0 Å². The Kier molecular flexibility index (Phi) is 4.31. The minimum absolute atomic E-state index is 0.0332. The number of anilines is 1. The van der Waals surface area contributed by atoms with Crippen LogP contribution < -0.4 is 5.32 Å². The summed E-state index contributed by atoms with van der Waals surface area (Å²) in [6, 6.07) is 0. The van der Waals surface area contributed by atoms with Gasteiger partial charge < -0.3 is 0 Å². The third kappa shape index (κ3) is 3.11. The standard InChI is InChI=1S/C10H9ClN4O3S2/c1-2-20(17,18)10-13-5-6(11)7(14-10)8(16)15-9-12-3-4-19-9/h3-5H,2H2,1H3,(H,12,15,16). The number of rotatable bonds is 4. The number of carbonyl (C=O) groups is 1. The van der Waals surface area contributed by atoms with E-state index < -0.39 is 20.9 Å². The molecule has 1 N–H and O–H groups in total. The van der Waals surface area contributed by atoms with Gasteiger partial charge in [-0.15, -0.1) is 11.3 Å². The van der Waals surface area contributed by atoms with Gasteiger partial charge in [0, 0.05) is 11.6 Å². The van der Waals surface area contributed by atoms with E-state index in [4.69, 9.17) is 11.6 Å². The van der Waals surface area contributed by atoms with Crippen molar-refractivity contribution in [3.8, 4) is 0 Å². The largest absolute Gasteiger partial charge is 0.296 e. The van der Waals surface area contributed by atoms with Crippen LogP contribution in [0.3, 0.4) is 0 Å². The zero-order valence-electron chi connectivity index (χ0n) is 10.2. The van der Waals surface area contributed by atoms with Crippen LogP contribution in [-0.2, 0) is 9.84 Å². The molecule has 0 aliphatic rings. The highest BCUT2D eigenvalue weighted by molar-refractivity contribution is 7.91. The molecular weight excluding hydrogens is 324 g/mol. The SMILES string of the molecule is CCS(=O)(=O)c1ncc(Cl)c(C(=O)Nc2nccs2)n1. The van der Waals surface area contributed by atoms with Crippen LogP contribution in [-0.4, -0.2) is 35.0 Å². The highest BCUT2D eigenvalue weighted by Gasteiger charge is 2.21. The number of thiazole rings is 1. The van der Waals surface area contributed by atoms with Gasteiger partial charge in [0.1, 0.15) is 0 Å². The van der Waals surface area contributed by atoms with Crippen molar-refractivity contribution >= 4 is 43.8 Å². The zero-order valence-corrected chi connectivity index (χ0v) is 12.6. The van der Waals surface area contributed by atoms with Gasteiger partial charge >= 0.3 is 0 Å². The average Bonchev–Trinajstić information content (AvgIpc) is 2.91. The quantitative estimate of drug-likeness (QED) is 0.854. The van der Waals surface area contributed by atoms with Crippen molar-refractivity contribution in [2.75, 3.05) is 11.1 Å². The molecule has 0 aliphatic heterocycles. The zero-order chi connectivity index (χ0) is 14.8. The maximum Gasteiger partial charge on any atom is 0.277 e. The smallest absolute Gasteiger partial charge is 0.277 e. The molecule has 0 saturated heterocycles. The van der Waals surface area contributed by atoms with Crippen LogP contribution in [0.5, 0.6) is 0 Å². The molecule has 0 atom stereocenters. The number of hydrogen-bond donors (Lipinski definition) is 1. The maximum absolute atomic E-state index is 12.0. The summed E-state index contributed by atoms with van der Waals surface area (Å²) >= 11 is 7.05. The van der Waals surface area contributed by atoms with Crippen molar-refractivity contribution < 1.29 is 13.2 Å². The lowest BCUT2D eigenvalue weighted by atomic mass is 10.4. The van der Waals surface area contributed by atoms with E-state index in [0.29, 0.717) is 5.13 Å². The molecule has 2 rings (SSSR count). The molecule has 0 fully saturated rings. The fraction of sp³-hybridized carbons (Fsp3) is 0.200. The molecule has 7 nitrogen and oxygen atoms in total. The Bertz CT molecular complexity index is 731. The van der Waals surface area contributed by atoms with Gasteiger partial charge in [0.05, 0.1) is 17.0 Å². The Morgan fingerprint density at radius 1 is 1.45 bits per heavy atom. The number of amides is 1. The molecule has 106 valence electrons. The van der Waals surface area contributed by atoms with Gasteiger partial charge in [0.2, 0.25) is 15.0 Å². The molecule has 2 aromatic rings. The first kappa shape index (κ1) is 14.8. The number of hydrogen-bond acceptors (Lipinski definition) is 7. The van der Waals surface area contributed by atoms with Crippen molar-refractivity contribution in [2.45, 2.75) is 12.1 Å². The number of carbonyl (C=O) groups excluding carboxylic acids is 1. The number of sulfone groups is 1. The molecule has 2 heterocycles. The van der Waals surface area contributed by atoms with Crippen LogP contribution in [0.4, 0.5) is 5.13 Å². The van der Waals surface area contributed by atoms with Gasteiger partial charge in [0.25, 0.3) is 5.91 Å². The van der Waals surface area contributed by atoms with E-state index in [-0.39, 0.29) is 16.5 Å². The Hall–Kier alpha value is -1.58. The molecular formula is C10H9ClN4O3S2. The van der Waals surface area contributed by atoms with E-state index in [1.165, 1.54) is 24.5 Å². The van der Waals surface area contributed by atoms with Crippen molar-refractivity contribution in [1.29, 1.82) is 0 Å². The van der Waals surface area contributed by atoms with Gasteiger partial charge in [-0.3, -0.25) is 10.1 Å². The third-order valence-corrected chi connectivity index (χ3v) is 4.73. The summed E-state index contributed by atoms with van der Waals surface area (Å²) in [6.07, 6.45) is 2.61. The number of nitrogens with zero attached hydrogens (tertiary/aromatic N) is 3. The first-order chi connectivity index (χ1) is 9.44. The second-order valence-corrected chi connectivity index (χ2v) is 7.02. The Balaban J connectivity index is 2.36. The summed E-state index contributed by atoms with van der Waals surface area (Å²) in [6.45, 7) is 1.46.